The minimum absolute atomic E-state index is 0. The molecule has 0 radical (unpaired) electrons. The summed E-state index contributed by atoms with van der Waals surface area (Å²) in [6.45, 7) is 71.4. The van der Waals surface area contributed by atoms with Gasteiger partial charge in [0, 0.05) is 99.1 Å². The SMILES string of the molecule is C.C.C.C.C.C.C.C.C.C.C.C.C.C.C.C.C.C.C=C(C)C(=O)COc1ccc(C(C)(C)c2ccc(COC(=O)C(=C)C)cc2)cc1.C=C(C)C(=O)OCCCOC(=O)C(=C)C.C=C(C)C(=O)OCCOC(=O)C(=C)C.C=C(C)C(=O)OCCOc1ccc(C(C)(C)c2ccc(OCCOC(=O)C(=C)C)cc2)cc1.C=CC(=O)OCCCCOC(=O)C=C.C=CC(=O)OCCCOC(=O)C=C.C=CC(=O)OCCOC(=O)C=C. The monoisotopic (exact) mass is 2100 g/mol. The van der Waals surface area contributed by atoms with Gasteiger partial charge in [-0.1, -0.05) is 314 Å². The van der Waals surface area contributed by atoms with E-state index in [0.29, 0.717) is 101 Å². The van der Waals surface area contributed by atoms with Crippen molar-refractivity contribution >= 4 is 83.4 Å². The summed E-state index contributed by atoms with van der Waals surface area (Å²) in [6.07, 6.45) is 8.71. The third-order valence-electron chi connectivity index (χ3n) is 15.9. The molecule has 0 amide bonds. The number of rotatable bonds is 50. The molecule has 30 nitrogen and oxygen atoms in total. The molecule has 0 aliphatic carbocycles. The predicted octanol–water partition coefficient (Wildman–Crippen LogP) is 27.0. The van der Waals surface area contributed by atoms with E-state index in [1.165, 1.54) is 0 Å². The van der Waals surface area contributed by atoms with E-state index in [9.17, 15) is 67.1 Å². The van der Waals surface area contributed by atoms with Gasteiger partial charge in [0.05, 0.1) is 39.6 Å². The second kappa shape index (κ2) is 108. The highest BCUT2D eigenvalue weighted by Gasteiger charge is 2.25. The summed E-state index contributed by atoms with van der Waals surface area (Å²) in [6, 6.07) is 31.5. The molecule has 850 valence electrons. The van der Waals surface area contributed by atoms with Crippen LogP contribution in [0.15, 0.2) is 270 Å². The summed E-state index contributed by atoms with van der Waals surface area (Å²) < 4.78 is 78.7. The molecule has 0 saturated carbocycles. The van der Waals surface area contributed by atoms with E-state index in [4.69, 9.17) is 47.4 Å². The second-order valence-corrected chi connectivity index (χ2v) is 28.2. The molecule has 0 spiro atoms. The Morgan fingerprint density at radius 1 is 0.216 bits per heavy atom. The van der Waals surface area contributed by atoms with Crippen LogP contribution in [0.2, 0.25) is 0 Å². The van der Waals surface area contributed by atoms with Crippen molar-refractivity contribution in [3.63, 3.8) is 0 Å². The number of benzene rings is 4. The molecule has 0 aliphatic rings. The lowest BCUT2D eigenvalue weighted by molar-refractivity contribution is -0.147. The van der Waals surface area contributed by atoms with E-state index in [2.05, 4.69) is 148 Å². The van der Waals surface area contributed by atoms with Crippen molar-refractivity contribution in [2.45, 2.75) is 260 Å². The van der Waals surface area contributed by atoms with Gasteiger partial charge < -0.3 is 75.8 Å². The fourth-order valence-corrected chi connectivity index (χ4v) is 8.38. The van der Waals surface area contributed by atoms with Crippen molar-refractivity contribution in [1.82, 2.24) is 0 Å². The Morgan fingerprint density at radius 3 is 0.595 bits per heavy atom. The molecule has 0 atom stereocenters. The maximum atomic E-state index is 11.6. The first-order valence-electron chi connectivity index (χ1n) is 40.2. The van der Waals surface area contributed by atoms with E-state index in [1.54, 1.807) is 55.4 Å². The van der Waals surface area contributed by atoms with Gasteiger partial charge in [-0.2, -0.15) is 0 Å². The van der Waals surface area contributed by atoms with E-state index >= 15 is 0 Å². The largest absolute Gasteiger partial charge is 0.490 e. The Labute approximate surface area is 895 Å². The van der Waals surface area contributed by atoms with Gasteiger partial charge in [-0.05, 0) is 138 Å². The topological polar surface area (TPSA) is 387 Å². The van der Waals surface area contributed by atoms with Crippen LogP contribution < -0.4 is 14.2 Å². The summed E-state index contributed by atoms with van der Waals surface area (Å²) in [5.41, 5.74) is 7.93. The van der Waals surface area contributed by atoms with Crippen LogP contribution in [0.1, 0.15) is 270 Å². The van der Waals surface area contributed by atoms with E-state index in [1.807, 2.05) is 97.1 Å². The van der Waals surface area contributed by atoms with Crippen LogP contribution in [0.3, 0.4) is 0 Å². The van der Waals surface area contributed by atoms with Crippen LogP contribution in [-0.2, 0) is 146 Å². The molecule has 148 heavy (non-hydrogen) atoms. The standard InChI is InChI=1S/C27H32O6.C25H28O4.C11H16O4.2C10H14O4.C9H12O4.C8H10O4.18CH4/c1-19(2)25(28)32-17-15-30-23-11-7-21(8-12-23)27(5,6)22-9-13-24(14-10-22)31-16-18-33-26(29)20(3)4;1-17(2)23(26)16-28-22-13-11-21(12-14-22)25(5,6)20-9-7-19(8-10-20)15-29-24(27)18(3)4;1-8(2)10(12)14-6-5-7-15-11(13)9(3)4;1-7(2)9(11)13-5-6-14-10(12)8(3)4;1-3-9(11)13-7-5-6-8-14-10(12)4-2;1-3-8(10)12-6-5-7-13-9(11)4-2;1-3-7(9)11-5-6-12-8(10)4-2;;;;;;;;;;;;;;;;;;/h7-14H,1,3,15-18H2,2,4-6H3;7-14H,1,3,15-16H2,2,4-6H3;1,3,5-7H2,2,4H3;1,3,5-6H2,2,4H3;3-4H,1-2,5-8H2;3-4H,1-2,5-7H2;3-4H,1-2,5-6H2;18*1H4. The Bertz CT molecular complexity index is 4240. The van der Waals surface area contributed by atoms with Gasteiger partial charge in [-0.3, -0.25) is 4.79 Å². The zero-order valence-electron chi connectivity index (χ0n) is 77.0. The Hall–Kier alpha value is -14.6. The Morgan fingerprint density at radius 2 is 0.385 bits per heavy atom. The van der Waals surface area contributed by atoms with Crippen LogP contribution in [0.4, 0.5) is 0 Å². The minimum Gasteiger partial charge on any atom is -0.490 e. The third kappa shape index (κ3) is 91.4. The lowest BCUT2D eigenvalue weighted by Gasteiger charge is -2.26. The highest BCUT2D eigenvalue weighted by molar-refractivity contribution is 5.95. The number of carbonyl (C=O) groups is 14. The quantitative estimate of drug-likeness (QED) is 0.0171. The molecule has 0 N–H and O–H groups in total. The van der Waals surface area contributed by atoms with Gasteiger partial charge in [-0.15, -0.1) is 0 Å². The average Bonchev–Trinajstić information content (AvgIpc) is 0.807. The molecule has 4 aromatic rings. The van der Waals surface area contributed by atoms with Gasteiger partial charge in [0.2, 0.25) is 0 Å². The molecule has 0 heterocycles. The van der Waals surface area contributed by atoms with Gasteiger partial charge >= 0.3 is 77.6 Å². The molecular formula is C118H198O30. The summed E-state index contributed by atoms with van der Waals surface area (Å²) in [7, 11) is 0. The van der Waals surface area contributed by atoms with E-state index in [0.717, 1.165) is 64.3 Å². The molecule has 0 unspecified atom stereocenters. The number of unbranched alkanes of at least 4 members (excludes halogenated alkanes) is 1. The summed E-state index contributed by atoms with van der Waals surface area (Å²) >= 11 is 0. The normalized spacial score (nSPS) is 8.59. The number of hydrogen-bond acceptors (Lipinski definition) is 30. The summed E-state index contributed by atoms with van der Waals surface area (Å²) in [4.78, 5) is 152. The predicted molar refractivity (Wildman–Crippen MR) is 612 cm³/mol. The van der Waals surface area contributed by atoms with E-state index < -0.39 is 71.6 Å². The van der Waals surface area contributed by atoms with Crippen molar-refractivity contribution in [2.75, 3.05) is 99.1 Å². The number of ether oxygens (including phenoxy) is 16. The van der Waals surface area contributed by atoms with E-state index in [-0.39, 0.29) is 249 Å². The fourth-order valence-electron chi connectivity index (χ4n) is 8.38. The molecule has 0 saturated heterocycles. The third-order valence-corrected chi connectivity index (χ3v) is 15.9. The number of Topliss-reactive ketones (excluding diaryl/α,β-unsaturated/α-hetero) is 1. The van der Waals surface area contributed by atoms with Crippen LogP contribution in [0.25, 0.3) is 0 Å². The fraction of sp³-hybridized carbons (Fsp3) is 0.441. The zero-order valence-corrected chi connectivity index (χ0v) is 77.0. The molecular weight excluding hydrogens is 1900 g/mol. The Kier molecular flexibility index (Phi) is 135. The molecule has 0 fully saturated rings. The molecule has 0 bridgehead atoms. The summed E-state index contributed by atoms with van der Waals surface area (Å²) in [5.74, 6) is -4.01. The number of hydrogen-bond donors (Lipinski definition) is 0. The van der Waals surface area contributed by atoms with Crippen molar-refractivity contribution < 1.29 is 143 Å². The summed E-state index contributed by atoms with van der Waals surface area (Å²) in [5, 5.41) is 0. The van der Waals surface area contributed by atoms with Crippen LogP contribution in [-0.4, -0.2) is 182 Å². The maximum Gasteiger partial charge on any atom is 0.333 e. The van der Waals surface area contributed by atoms with Gasteiger partial charge in [0.1, 0.15) is 76.7 Å². The van der Waals surface area contributed by atoms with Crippen molar-refractivity contribution in [3.8, 4) is 17.2 Å². The van der Waals surface area contributed by atoms with Crippen LogP contribution in [0, 0.1) is 0 Å². The molecule has 0 aromatic heterocycles. The van der Waals surface area contributed by atoms with Gasteiger partial charge in [-0.25, -0.2) is 62.3 Å². The molecule has 30 heteroatoms. The first kappa shape index (κ1) is 185. The van der Waals surface area contributed by atoms with Crippen LogP contribution in [0.5, 0.6) is 17.2 Å². The highest BCUT2D eigenvalue weighted by atomic mass is 16.6. The van der Waals surface area contributed by atoms with Gasteiger partial charge in [0.25, 0.3) is 0 Å². The smallest absolute Gasteiger partial charge is 0.333 e. The van der Waals surface area contributed by atoms with Crippen molar-refractivity contribution in [2.24, 2.45) is 0 Å². The zero-order chi connectivity index (χ0) is 99.3. The van der Waals surface area contributed by atoms with Crippen molar-refractivity contribution in [1.29, 1.82) is 0 Å². The molecule has 0 aliphatic heterocycles. The molecule has 4 aromatic carbocycles. The lowest BCUT2D eigenvalue weighted by atomic mass is 9.78. The van der Waals surface area contributed by atoms with Crippen LogP contribution >= 0.6 is 0 Å². The number of carbonyl (C=O) groups excluding carboxylic acids is 14. The number of esters is 13. The second-order valence-electron chi connectivity index (χ2n) is 28.2. The first-order valence-corrected chi connectivity index (χ1v) is 40.2. The highest BCUT2D eigenvalue weighted by Crippen LogP contribution is 2.35. The maximum absolute atomic E-state index is 11.6. The van der Waals surface area contributed by atoms with Gasteiger partial charge in [0.15, 0.2) is 12.4 Å². The van der Waals surface area contributed by atoms with Crippen molar-refractivity contribution in [3.05, 3.63) is 298 Å². The Balaban J connectivity index is -0.0000000680. The first-order chi connectivity index (χ1) is 61.2. The minimum atomic E-state index is -0.537. The lowest BCUT2D eigenvalue weighted by Crippen LogP contribution is -2.19. The molecule has 4 rings (SSSR count). The number of ketones is 1. The average molecular weight is 2100 g/mol.